The number of carbonyl (C=O) groups is 2. The number of aliphatic carboxylic acids is 1. The maximum atomic E-state index is 13.1. The van der Waals surface area contributed by atoms with Crippen LogP contribution in [0.15, 0.2) is 24.3 Å². The number of tetrazole rings is 1. The van der Waals surface area contributed by atoms with Gasteiger partial charge in [0.15, 0.2) is 0 Å². The lowest BCUT2D eigenvalue weighted by Gasteiger charge is -2.19. The number of aryl methyl sites for hydroxylation is 1. The molecule has 134 valence electrons. The molecule has 25 heavy (non-hydrogen) atoms. The van der Waals surface area contributed by atoms with Crippen LogP contribution in [-0.2, 0) is 16.0 Å². The zero-order valence-electron chi connectivity index (χ0n) is 14.0. The van der Waals surface area contributed by atoms with E-state index in [1.165, 1.54) is 16.8 Å². The summed E-state index contributed by atoms with van der Waals surface area (Å²) < 4.78 is 14.5. The van der Waals surface area contributed by atoms with Crippen LogP contribution in [0.5, 0.6) is 0 Å². The van der Waals surface area contributed by atoms with Crippen molar-refractivity contribution in [3.63, 3.8) is 0 Å². The van der Waals surface area contributed by atoms with Crippen LogP contribution >= 0.6 is 0 Å². The van der Waals surface area contributed by atoms with Crippen molar-refractivity contribution in [3.8, 4) is 0 Å². The maximum Gasteiger partial charge on any atom is 0.303 e. The van der Waals surface area contributed by atoms with Crippen molar-refractivity contribution in [2.45, 2.75) is 32.7 Å². The van der Waals surface area contributed by atoms with E-state index in [-0.39, 0.29) is 37.0 Å². The monoisotopic (exact) mass is 349 g/mol. The summed E-state index contributed by atoms with van der Waals surface area (Å²) >= 11 is 0. The Labute approximate surface area is 144 Å². The zero-order valence-corrected chi connectivity index (χ0v) is 14.0. The summed E-state index contributed by atoms with van der Waals surface area (Å²) in [7, 11) is 0. The first-order valence-corrected chi connectivity index (χ1v) is 7.85. The highest BCUT2D eigenvalue weighted by Crippen LogP contribution is 2.16. The van der Waals surface area contributed by atoms with Gasteiger partial charge in [-0.15, -0.1) is 5.10 Å². The summed E-state index contributed by atoms with van der Waals surface area (Å²) in [5.41, 5.74) is 0.759. The fourth-order valence-corrected chi connectivity index (χ4v) is 2.42. The quantitative estimate of drug-likeness (QED) is 0.739. The Morgan fingerprint density at radius 3 is 2.56 bits per heavy atom. The number of benzene rings is 1. The Kier molecular flexibility index (Phi) is 6.15. The van der Waals surface area contributed by atoms with Crippen LogP contribution in [0.2, 0.25) is 0 Å². The number of halogens is 1. The van der Waals surface area contributed by atoms with Gasteiger partial charge in [0, 0.05) is 19.4 Å². The van der Waals surface area contributed by atoms with Gasteiger partial charge in [0.05, 0.1) is 0 Å². The largest absolute Gasteiger partial charge is 0.481 e. The van der Waals surface area contributed by atoms with Gasteiger partial charge in [0.25, 0.3) is 0 Å². The Hall–Kier alpha value is -2.84. The number of hydrogen-bond donors (Lipinski definition) is 2. The molecule has 0 saturated carbocycles. The lowest BCUT2D eigenvalue weighted by molar-refractivity contribution is -0.138. The minimum atomic E-state index is -0.916. The van der Waals surface area contributed by atoms with Crippen LogP contribution < -0.4 is 5.32 Å². The maximum absolute atomic E-state index is 13.1. The second kappa shape index (κ2) is 8.32. The average Bonchev–Trinajstić information content (AvgIpc) is 2.97. The number of nitrogens with one attached hydrogen (secondary N) is 1. The number of nitrogens with zero attached hydrogens (tertiary/aromatic N) is 4. The number of rotatable bonds is 8. The van der Waals surface area contributed by atoms with E-state index in [1.807, 2.05) is 0 Å². The van der Waals surface area contributed by atoms with E-state index in [9.17, 15) is 14.0 Å². The van der Waals surface area contributed by atoms with E-state index >= 15 is 0 Å². The van der Waals surface area contributed by atoms with Gasteiger partial charge in [-0.05, 0) is 41.0 Å². The van der Waals surface area contributed by atoms with Crippen molar-refractivity contribution in [2.75, 3.05) is 6.54 Å². The van der Waals surface area contributed by atoms with Crippen LogP contribution in [0.1, 0.15) is 30.8 Å². The molecule has 0 saturated heterocycles. The molecule has 0 radical (unpaired) electrons. The third-order valence-corrected chi connectivity index (χ3v) is 3.75. The Bertz CT molecular complexity index is 732. The molecule has 0 aliphatic rings. The van der Waals surface area contributed by atoms with E-state index in [2.05, 4.69) is 20.8 Å². The Balaban J connectivity index is 2.11. The highest BCUT2D eigenvalue weighted by Gasteiger charge is 2.24. The molecule has 2 rings (SSSR count). The summed E-state index contributed by atoms with van der Waals surface area (Å²) in [6, 6.07) is 5.14. The molecule has 0 spiro atoms. The molecule has 9 heteroatoms. The summed E-state index contributed by atoms with van der Waals surface area (Å²) in [5, 5.41) is 22.7. The smallest absolute Gasteiger partial charge is 0.303 e. The third kappa shape index (κ3) is 5.33. The molecule has 1 amide bonds. The van der Waals surface area contributed by atoms with Gasteiger partial charge in [-0.1, -0.05) is 19.1 Å². The molecule has 1 aromatic carbocycles. The topological polar surface area (TPSA) is 110 Å². The second-order valence-corrected chi connectivity index (χ2v) is 5.97. The lowest BCUT2D eigenvalue weighted by Crippen LogP contribution is -2.37. The molecule has 1 aromatic heterocycles. The van der Waals surface area contributed by atoms with E-state index in [0.29, 0.717) is 5.82 Å². The molecule has 1 heterocycles. The normalized spacial score (nSPS) is 13.2. The van der Waals surface area contributed by atoms with Crippen molar-refractivity contribution < 1.29 is 19.1 Å². The van der Waals surface area contributed by atoms with Crippen molar-refractivity contribution in [1.82, 2.24) is 25.5 Å². The molecule has 0 fully saturated rings. The Morgan fingerprint density at radius 2 is 2.00 bits per heavy atom. The summed E-state index contributed by atoms with van der Waals surface area (Å²) in [6.45, 7) is 3.65. The average molecular weight is 349 g/mol. The van der Waals surface area contributed by atoms with Gasteiger partial charge < -0.3 is 10.4 Å². The highest BCUT2D eigenvalue weighted by atomic mass is 19.1. The molecule has 0 aliphatic heterocycles. The van der Waals surface area contributed by atoms with Gasteiger partial charge in [0.1, 0.15) is 17.7 Å². The third-order valence-electron chi connectivity index (χ3n) is 3.75. The second-order valence-electron chi connectivity index (χ2n) is 5.97. The predicted octanol–water partition coefficient (Wildman–Crippen LogP) is 1.13. The fraction of sp³-hybridized carbons (Fsp3) is 0.438. The van der Waals surface area contributed by atoms with Crippen LogP contribution in [0.4, 0.5) is 4.39 Å². The van der Waals surface area contributed by atoms with Crippen molar-refractivity contribution in [2.24, 2.45) is 5.92 Å². The molecular formula is C16H20FN5O3. The van der Waals surface area contributed by atoms with Crippen LogP contribution in [0.3, 0.4) is 0 Å². The molecule has 2 N–H and O–H groups in total. The SMILES string of the molecule is Cc1nnnn1C(Cc1ccc(F)cc1)C(=O)NCC(C)CC(=O)O. The molecule has 8 nitrogen and oxygen atoms in total. The first-order valence-electron chi connectivity index (χ1n) is 7.85. The van der Waals surface area contributed by atoms with E-state index in [4.69, 9.17) is 5.11 Å². The van der Waals surface area contributed by atoms with E-state index in [1.54, 1.807) is 26.0 Å². The molecule has 2 atom stereocenters. The standard InChI is InChI=1S/C16H20FN5O3/c1-10(7-15(23)24)9-18-16(25)14(22-11(2)19-20-21-22)8-12-3-5-13(17)6-4-12/h3-6,10,14H,7-9H2,1-2H3,(H,18,25)(H,23,24). The van der Waals surface area contributed by atoms with E-state index < -0.39 is 12.0 Å². The molecule has 0 aliphatic carbocycles. The lowest BCUT2D eigenvalue weighted by atomic mass is 10.0. The first-order chi connectivity index (χ1) is 11.9. The van der Waals surface area contributed by atoms with Crippen LogP contribution in [0.25, 0.3) is 0 Å². The Morgan fingerprint density at radius 1 is 1.32 bits per heavy atom. The van der Waals surface area contributed by atoms with E-state index in [0.717, 1.165) is 5.56 Å². The minimum absolute atomic E-state index is 0.0349. The zero-order chi connectivity index (χ0) is 18.4. The molecular weight excluding hydrogens is 329 g/mol. The molecule has 2 aromatic rings. The predicted molar refractivity (Wildman–Crippen MR) is 86.1 cm³/mol. The number of amides is 1. The van der Waals surface area contributed by atoms with Crippen LogP contribution in [0, 0.1) is 18.7 Å². The number of carboxylic acid groups (broad SMARTS) is 1. The number of carbonyl (C=O) groups excluding carboxylic acids is 1. The molecule has 2 unspecified atom stereocenters. The highest BCUT2D eigenvalue weighted by molar-refractivity contribution is 5.80. The first kappa shape index (κ1) is 18.5. The number of aromatic nitrogens is 4. The minimum Gasteiger partial charge on any atom is -0.481 e. The van der Waals surface area contributed by atoms with Gasteiger partial charge in [-0.3, -0.25) is 9.59 Å². The fourth-order valence-electron chi connectivity index (χ4n) is 2.42. The summed E-state index contributed by atoms with van der Waals surface area (Å²) in [5.74, 6) is -1.33. The van der Waals surface area contributed by atoms with Gasteiger partial charge >= 0.3 is 5.97 Å². The van der Waals surface area contributed by atoms with Crippen molar-refractivity contribution >= 4 is 11.9 Å². The van der Waals surface area contributed by atoms with Gasteiger partial charge in [-0.25, -0.2) is 9.07 Å². The number of carboxylic acids is 1. The van der Waals surface area contributed by atoms with Crippen molar-refractivity contribution in [1.29, 1.82) is 0 Å². The molecule has 0 bridgehead atoms. The summed E-state index contributed by atoms with van der Waals surface area (Å²) in [4.78, 5) is 23.3. The van der Waals surface area contributed by atoms with Crippen molar-refractivity contribution in [3.05, 3.63) is 41.5 Å². The van der Waals surface area contributed by atoms with Crippen LogP contribution in [-0.4, -0.2) is 43.7 Å². The van der Waals surface area contributed by atoms with Gasteiger partial charge in [0.2, 0.25) is 5.91 Å². The van der Waals surface area contributed by atoms with Gasteiger partial charge in [-0.2, -0.15) is 0 Å². The number of hydrogen-bond acceptors (Lipinski definition) is 5. The summed E-state index contributed by atoms with van der Waals surface area (Å²) in [6.07, 6.45) is 0.248.